The maximum atomic E-state index is 13.0. The first-order valence-corrected chi connectivity index (χ1v) is 7.80. The highest BCUT2D eigenvalue weighted by Gasteiger charge is 2.34. The van der Waals surface area contributed by atoms with Crippen molar-refractivity contribution in [1.29, 1.82) is 0 Å². The third-order valence-electron chi connectivity index (χ3n) is 4.67. The maximum Gasteiger partial charge on any atom is 0.275 e. The van der Waals surface area contributed by atoms with Gasteiger partial charge in [-0.3, -0.25) is 9.89 Å². The predicted octanol–water partition coefficient (Wildman–Crippen LogP) is 0.419. The summed E-state index contributed by atoms with van der Waals surface area (Å²) < 4.78 is 1.98. The van der Waals surface area contributed by atoms with E-state index < -0.39 is 0 Å². The van der Waals surface area contributed by atoms with E-state index in [1.54, 1.807) is 6.20 Å². The molecule has 1 saturated heterocycles. The Hall–Kier alpha value is -2.15. The number of rotatable bonds is 2. The van der Waals surface area contributed by atoms with E-state index in [0.29, 0.717) is 12.2 Å². The quantitative estimate of drug-likeness (QED) is 0.842. The van der Waals surface area contributed by atoms with Crippen molar-refractivity contribution in [1.82, 2.24) is 30.0 Å². The summed E-state index contributed by atoms with van der Waals surface area (Å²) >= 11 is 0. The maximum absolute atomic E-state index is 13.0. The second-order valence-electron chi connectivity index (χ2n) is 6.00. The normalized spacial score (nSPS) is 21.1. The van der Waals surface area contributed by atoms with Crippen LogP contribution in [0.25, 0.3) is 0 Å². The fourth-order valence-corrected chi connectivity index (χ4v) is 3.51. The molecule has 22 heavy (non-hydrogen) atoms. The van der Waals surface area contributed by atoms with Crippen molar-refractivity contribution in [3.63, 3.8) is 0 Å². The molecule has 1 aliphatic carbocycles. The number of nitrogens with one attached hydrogen (secondary N) is 2. The molecule has 1 atom stereocenters. The Morgan fingerprint density at radius 3 is 3.14 bits per heavy atom. The smallest absolute Gasteiger partial charge is 0.275 e. The van der Waals surface area contributed by atoms with E-state index in [2.05, 4.69) is 20.5 Å². The van der Waals surface area contributed by atoms with Gasteiger partial charge in [-0.1, -0.05) is 0 Å². The zero-order valence-corrected chi connectivity index (χ0v) is 12.7. The van der Waals surface area contributed by atoms with E-state index in [9.17, 15) is 4.79 Å². The molecule has 0 saturated carbocycles. The molecule has 0 aromatic carbocycles. The molecule has 7 heteroatoms. The molecule has 0 radical (unpaired) electrons. The van der Waals surface area contributed by atoms with Gasteiger partial charge in [-0.15, -0.1) is 0 Å². The molecule has 3 heterocycles. The van der Waals surface area contributed by atoms with Crippen LogP contribution in [0.2, 0.25) is 0 Å². The van der Waals surface area contributed by atoms with Gasteiger partial charge in [0.15, 0.2) is 5.69 Å². The first kappa shape index (κ1) is 13.5. The minimum atomic E-state index is -0.0463. The van der Waals surface area contributed by atoms with Crippen LogP contribution in [-0.4, -0.2) is 50.2 Å². The lowest BCUT2D eigenvalue weighted by Gasteiger charge is -2.35. The van der Waals surface area contributed by atoms with Crippen molar-refractivity contribution in [3.05, 3.63) is 35.2 Å². The highest BCUT2D eigenvalue weighted by molar-refractivity contribution is 5.94. The van der Waals surface area contributed by atoms with Gasteiger partial charge >= 0.3 is 0 Å². The Kier molecular flexibility index (Phi) is 3.22. The van der Waals surface area contributed by atoms with Crippen LogP contribution in [-0.2, 0) is 19.9 Å². The molecular weight excluding hydrogens is 280 g/mol. The second-order valence-corrected chi connectivity index (χ2v) is 6.00. The van der Waals surface area contributed by atoms with Crippen LogP contribution in [0.15, 0.2) is 12.4 Å². The van der Waals surface area contributed by atoms with Gasteiger partial charge in [0.1, 0.15) is 11.9 Å². The number of fused-ring (bicyclic) bond motifs is 1. The van der Waals surface area contributed by atoms with E-state index in [0.717, 1.165) is 49.4 Å². The van der Waals surface area contributed by atoms with Gasteiger partial charge in [-0.25, -0.2) is 4.98 Å². The molecule has 2 aliphatic rings. The van der Waals surface area contributed by atoms with Gasteiger partial charge in [-0.05, 0) is 19.3 Å². The van der Waals surface area contributed by atoms with Gasteiger partial charge in [-0.2, -0.15) is 5.10 Å². The molecule has 2 N–H and O–H groups in total. The fourth-order valence-electron chi connectivity index (χ4n) is 3.51. The number of aryl methyl sites for hydroxylation is 2. The zero-order valence-electron chi connectivity index (χ0n) is 12.7. The molecule has 1 amide bonds. The Bertz CT molecular complexity index is 703. The van der Waals surface area contributed by atoms with Crippen molar-refractivity contribution in [2.45, 2.75) is 25.3 Å². The number of carbonyl (C=O) groups is 1. The first-order chi connectivity index (χ1) is 10.8. The van der Waals surface area contributed by atoms with Crippen LogP contribution in [0.4, 0.5) is 0 Å². The van der Waals surface area contributed by atoms with Crippen molar-refractivity contribution in [2.24, 2.45) is 7.05 Å². The second kappa shape index (κ2) is 5.24. The van der Waals surface area contributed by atoms with Crippen molar-refractivity contribution in [3.8, 4) is 0 Å². The number of carbonyl (C=O) groups excluding carboxylic acids is 1. The number of amides is 1. The van der Waals surface area contributed by atoms with Crippen LogP contribution in [0.1, 0.15) is 40.0 Å². The number of piperazine rings is 1. The highest BCUT2D eigenvalue weighted by atomic mass is 16.2. The number of aromatic nitrogens is 4. The minimum Gasteiger partial charge on any atom is -0.336 e. The number of H-pyrrole nitrogens is 1. The summed E-state index contributed by atoms with van der Waals surface area (Å²) in [4.78, 5) is 19.4. The average Bonchev–Trinajstić information content (AvgIpc) is 3.22. The van der Waals surface area contributed by atoms with Gasteiger partial charge in [0.25, 0.3) is 5.91 Å². The van der Waals surface area contributed by atoms with Crippen LogP contribution >= 0.6 is 0 Å². The van der Waals surface area contributed by atoms with E-state index in [4.69, 9.17) is 0 Å². The largest absolute Gasteiger partial charge is 0.336 e. The van der Waals surface area contributed by atoms with Crippen LogP contribution < -0.4 is 5.32 Å². The van der Waals surface area contributed by atoms with E-state index in [1.165, 1.54) is 0 Å². The number of hydrogen-bond acceptors (Lipinski definition) is 4. The Morgan fingerprint density at radius 1 is 1.41 bits per heavy atom. The minimum absolute atomic E-state index is 0.0221. The Balaban J connectivity index is 1.66. The number of imidazole rings is 1. The molecule has 2 aromatic rings. The van der Waals surface area contributed by atoms with Crippen LogP contribution in [0.5, 0.6) is 0 Å². The summed E-state index contributed by atoms with van der Waals surface area (Å²) in [5, 5.41) is 10.7. The average molecular weight is 300 g/mol. The summed E-state index contributed by atoms with van der Waals surface area (Å²) in [6.07, 6.45) is 6.75. The molecule has 0 spiro atoms. The Morgan fingerprint density at radius 2 is 2.32 bits per heavy atom. The van der Waals surface area contributed by atoms with Crippen molar-refractivity contribution in [2.75, 3.05) is 19.6 Å². The molecule has 7 nitrogen and oxygen atoms in total. The molecule has 1 aliphatic heterocycles. The molecule has 1 fully saturated rings. The Labute approximate surface area is 128 Å². The summed E-state index contributed by atoms with van der Waals surface area (Å²) in [6, 6.07) is -0.0463. The summed E-state index contributed by atoms with van der Waals surface area (Å²) in [6.45, 7) is 2.21. The molecule has 116 valence electrons. The van der Waals surface area contributed by atoms with Gasteiger partial charge in [0, 0.05) is 50.3 Å². The van der Waals surface area contributed by atoms with E-state index >= 15 is 0 Å². The molecular formula is C15H20N6O. The third kappa shape index (κ3) is 2.04. The standard InChI is InChI=1S/C15H20N6O/c1-20-7-6-17-14(20)12-9-16-5-8-21(12)15(22)13-10-3-2-4-11(10)18-19-13/h6-7,12,16H,2-5,8-9H2,1H3,(H,18,19). The van der Waals surface area contributed by atoms with Crippen LogP contribution in [0, 0.1) is 0 Å². The first-order valence-electron chi connectivity index (χ1n) is 7.80. The lowest BCUT2D eigenvalue weighted by atomic mass is 10.1. The summed E-state index contributed by atoms with van der Waals surface area (Å²) in [5.41, 5.74) is 2.85. The van der Waals surface area contributed by atoms with E-state index in [1.807, 2.05) is 22.7 Å². The van der Waals surface area contributed by atoms with E-state index in [-0.39, 0.29) is 11.9 Å². The topological polar surface area (TPSA) is 78.8 Å². The number of nitrogens with zero attached hydrogens (tertiary/aromatic N) is 4. The van der Waals surface area contributed by atoms with Gasteiger partial charge in [0.2, 0.25) is 0 Å². The molecule has 2 aromatic heterocycles. The summed E-state index contributed by atoms with van der Waals surface area (Å²) in [5.74, 6) is 0.932. The fraction of sp³-hybridized carbons (Fsp3) is 0.533. The lowest BCUT2D eigenvalue weighted by Crippen LogP contribution is -2.49. The van der Waals surface area contributed by atoms with Crippen molar-refractivity contribution >= 4 is 5.91 Å². The number of hydrogen-bond donors (Lipinski definition) is 2. The van der Waals surface area contributed by atoms with Crippen molar-refractivity contribution < 1.29 is 4.79 Å². The van der Waals surface area contributed by atoms with Gasteiger partial charge in [0.05, 0.1) is 0 Å². The SMILES string of the molecule is Cn1ccnc1C1CNCCN1C(=O)c1n[nH]c2c1CCC2. The molecule has 1 unspecified atom stereocenters. The van der Waals surface area contributed by atoms with Gasteiger partial charge < -0.3 is 14.8 Å². The zero-order chi connectivity index (χ0) is 15.1. The highest BCUT2D eigenvalue weighted by Crippen LogP contribution is 2.27. The summed E-state index contributed by atoms with van der Waals surface area (Å²) in [7, 11) is 1.96. The lowest BCUT2D eigenvalue weighted by molar-refractivity contribution is 0.0613. The molecule has 0 bridgehead atoms. The predicted molar refractivity (Wildman–Crippen MR) is 80.5 cm³/mol. The number of aromatic amines is 1. The third-order valence-corrected chi connectivity index (χ3v) is 4.67. The van der Waals surface area contributed by atoms with Crippen LogP contribution in [0.3, 0.4) is 0 Å². The monoisotopic (exact) mass is 300 g/mol. The molecule has 4 rings (SSSR count).